The Morgan fingerprint density at radius 3 is 1.95 bits per heavy atom. The molecule has 0 aliphatic rings. The fourth-order valence-corrected chi connectivity index (χ4v) is 2.85. The van der Waals surface area contributed by atoms with E-state index in [4.69, 9.17) is 0 Å². The molecule has 2 heteroatoms. The molecule has 0 fully saturated rings. The first-order valence-electron chi connectivity index (χ1n) is 9.02. The summed E-state index contributed by atoms with van der Waals surface area (Å²) in [6, 6.07) is 4.50. The van der Waals surface area contributed by atoms with E-state index in [-0.39, 0.29) is 4.70 Å². The Hall–Kier alpha value is -0.790. The highest BCUT2D eigenvalue weighted by molar-refractivity contribution is 5.07. The third kappa shape index (κ3) is 9.71. The number of aryl methyl sites for hydroxylation is 2. The summed E-state index contributed by atoms with van der Waals surface area (Å²) in [6.07, 6.45) is 18.9. The van der Waals surface area contributed by atoms with Crippen molar-refractivity contribution in [3.8, 4) is 0 Å². The van der Waals surface area contributed by atoms with E-state index in [1.165, 1.54) is 89.3 Å². The van der Waals surface area contributed by atoms with Crippen molar-refractivity contribution in [3.05, 3.63) is 24.0 Å². The lowest BCUT2D eigenvalue weighted by atomic mass is 10.1. The topological polar surface area (TPSA) is 4.93 Å². The van der Waals surface area contributed by atoms with E-state index >= 15 is 0 Å². The molecule has 1 heterocycles. The molecule has 1 nitrogen and oxygen atoms in total. The Labute approximate surface area is 131 Å². The van der Waals surface area contributed by atoms with Crippen LogP contribution in [0, 0.1) is 0 Å². The summed E-state index contributed by atoms with van der Waals surface area (Å²) in [5.74, 6) is 0. The van der Waals surface area contributed by atoms with Crippen molar-refractivity contribution in [2.24, 2.45) is 0 Å². The molecule has 0 N–H and O–H groups in total. The zero-order valence-electron chi connectivity index (χ0n) is 14.3. The summed E-state index contributed by atoms with van der Waals surface area (Å²) in [6.45, 7) is 5.78. The average molecular weight is 298 g/mol. The number of aromatic nitrogens is 1. The van der Waals surface area contributed by atoms with Gasteiger partial charge in [0, 0.05) is 18.4 Å². The molecular weight excluding hydrogens is 261 g/mol. The van der Waals surface area contributed by atoms with Crippen molar-refractivity contribution in [2.75, 3.05) is 0 Å². The summed E-state index contributed by atoms with van der Waals surface area (Å²) in [4.78, 5) is 0. The van der Waals surface area contributed by atoms with Gasteiger partial charge in [-0.3, -0.25) is 4.70 Å². The van der Waals surface area contributed by atoms with Gasteiger partial charge in [0.2, 0.25) is 0 Å². The van der Waals surface area contributed by atoms with Crippen molar-refractivity contribution in [2.45, 2.75) is 97.4 Å². The van der Waals surface area contributed by atoms with Crippen LogP contribution >= 0.6 is 0 Å². The first-order chi connectivity index (χ1) is 9.88. The van der Waals surface area contributed by atoms with Gasteiger partial charge in [0.15, 0.2) is 0 Å². The number of halogens is 1. The largest absolute Gasteiger partial charge is 0.351 e. The Balaban J connectivity index is 0.00000400. The third-order valence-corrected chi connectivity index (χ3v) is 4.21. The van der Waals surface area contributed by atoms with Crippen molar-refractivity contribution in [3.63, 3.8) is 0 Å². The third-order valence-electron chi connectivity index (χ3n) is 4.21. The number of hydrogen-bond donors (Lipinski definition) is 0. The van der Waals surface area contributed by atoms with Gasteiger partial charge >= 0.3 is 0 Å². The van der Waals surface area contributed by atoms with E-state index < -0.39 is 0 Å². The minimum Gasteiger partial charge on any atom is -0.351 e. The second-order valence-corrected chi connectivity index (χ2v) is 6.12. The fraction of sp³-hybridized carbons (Fsp3) is 0.789. The van der Waals surface area contributed by atoms with Crippen molar-refractivity contribution < 1.29 is 4.70 Å². The molecule has 1 aromatic rings. The van der Waals surface area contributed by atoms with Crippen LogP contribution in [0.2, 0.25) is 0 Å². The van der Waals surface area contributed by atoms with Crippen molar-refractivity contribution in [1.29, 1.82) is 0 Å². The van der Waals surface area contributed by atoms with E-state index in [1.807, 2.05) is 0 Å². The molecular formula is C19H36FN. The van der Waals surface area contributed by atoms with Gasteiger partial charge in [-0.1, -0.05) is 71.6 Å². The first-order valence-corrected chi connectivity index (χ1v) is 9.02. The minimum absolute atomic E-state index is 0. The first kappa shape index (κ1) is 20.2. The molecule has 0 aliphatic heterocycles. The standard InChI is InChI=1S/C19H35N.FH/c1-3-5-7-8-9-10-11-12-13-17-20-18-14-16-19(20)15-6-4-2;/h14,16,18H,3-13,15,17H2,1-2H3;1H. The Bertz CT molecular complexity index is 319. The molecule has 124 valence electrons. The Morgan fingerprint density at radius 2 is 1.33 bits per heavy atom. The smallest absolute Gasteiger partial charge is 0.0222 e. The minimum atomic E-state index is 0. The molecule has 1 aromatic heterocycles. The molecule has 0 aliphatic carbocycles. The summed E-state index contributed by atoms with van der Waals surface area (Å²) >= 11 is 0. The number of hydrogen-bond acceptors (Lipinski definition) is 0. The molecule has 0 saturated carbocycles. The molecule has 0 unspecified atom stereocenters. The second-order valence-electron chi connectivity index (χ2n) is 6.12. The highest BCUT2D eigenvalue weighted by atomic mass is 19.0. The zero-order chi connectivity index (χ0) is 14.5. The van der Waals surface area contributed by atoms with E-state index in [0.29, 0.717) is 0 Å². The summed E-state index contributed by atoms with van der Waals surface area (Å²) in [5, 5.41) is 0. The molecule has 0 radical (unpaired) electrons. The lowest BCUT2D eigenvalue weighted by Crippen LogP contribution is -2.02. The molecule has 21 heavy (non-hydrogen) atoms. The molecule has 0 amide bonds. The SMILES string of the molecule is CCCCCCCCCCCn1cccc1CCCC.F. The van der Waals surface area contributed by atoms with Gasteiger partial charge in [0.1, 0.15) is 0 Å². The Kier molecular flexibility index (Phi) is 13.6. The van der Waals surface area contributed by atoms with E-state index in [2.05, 4.69) is 36.7 Å². The fourth-order valence-electron chi connectivity index (χ4n) is 2.85. The van der Waals surface area contributed by atoms with Crippen LogP contribution in [-0.4, -0.2) is 4.57 Å². The second kappa shape index (κ2) is 14.2. The van der Waals surface area contributed by atoms with Crippen LogP contribution < -0.4 is 0 Å². The van der Waals surface area contributed by atoms with Crippen LogP contribution in [-0.2, 0) is 13.0 Å². The number of unbranched alkanes of at least 4 members (excludes halogenated alkanes) is 9. The van der Waals surface area contributed by atoms with Crippen LogP contribution in [0.1, 0.15) is 90.2 Å². The lowest BCUT2D eigenvalue weighted by Gasteiger charge is -2.09. The summed E-state index contributed by atoms with van der Waals surface area (Å²) < 4.78 is 2.47. The van der Waals surface area contributed by atoms with Crippen LogP contribution in [0.4, 0.5) is 4.70 Å². The average Bonchev–Trinajstić information content (AvgIpc) is 2.91. The van der Waals surface area contributed by atoms with Crippen molar-refractivity contribution >= 4 is 0 Å². The van der Waals surface area contributed by atoms with Gasteiger partial charge in [-0.15, -0.1) is 0 Å². The predicted molar refractivity (Wildman–Crippen MR) is 92.8 cm³/mol. The van der Waals surface area contributed by atoms with E-state index in [0.717, 1.165) is 0 Å². The van der Waals surface area contributed by atoms with Crippen molar-refractivity contribution in [1.82, 2.24) is 4.57 Å². The molecule has 0 saturated heterocycles. The van der Waals surface area contributed by atoms with Crippen LogP contribution in [0.25, 0.3) is 0 Å². The van der Waals surface area contributed by atoms with Gasteiger partial charge < -0.3 is 4.57 Å². The maximum Gasteiger partial charge on any atom is 0.0222 e. The maximum atomic E-state index is 2.47. The number of nitrogens with zero attached hydrogens (tertiary/aromatic N) is 1. The molecule has 0 spiro atoms. The lowest BCUT2D eigenvalue weighted by molar-refractivity contribution is 0.531. The highest BCUT2D eigenvalue weighted by Crippen LogP contribution is 2.12. The monoisotopic (exact) mass is 297 g/mol. The molecule has 1 rings (SSSR count). The summed E-state index contributed by atoms with van der Waals surface area (Å²) in [5.41, 5.74) is 1.53. The maximum absolute atomic E-state index is 2.47. The van der Waals surface area contributed by atoms with Gasteiger partial charge in [-0.2, -0.15) is 0 Å². The zero-order valence-corrected chi connectivity index (χ0v) is 14.3. The highest BCUT2D eigenvalue weighted by Gasteiger charge is 2.00. The van der Waals surface area contributed by atoms with Crippen LogP contribution in [0.15, 0.2) is 18.3 Å². The van der Waals surface area contributed by atoms with Gasteiger partial charge in [-0.25, -0.2) is 0 Å². The molecule has 0 atom stereocenters. The normalized spacial score (nSPS) is 10.6. The van der Waals surface area contributed by atoms with Gasteiger partial charge in [0.25, 0.3) is 0 Å². The predicted octanol–water partition coefficient (Wildman–Crippen LogP) is 6.51. The quantitative estimate of drug-likeness (QED) is 0.365. The molecule has 0 bridgehead atoms. The Morgan fingerprint density at radius 1 is 0.762 bits per heavy atom. The van der Waals surface area contributed by atoms with E-state index in [1.54, 1.807) is 0 Å². The van der Waals surface area contributed by atoms with E-state index in [9.17, 15) is 0 Å². The van der Waals surface area contributed by atoms with Gasteiger partial charge in [-0.05, 0) is 31.4 Å². The van der Waals surface area contributed by atoms with Gasteiger partial charge in [0.05, 0.1) is 0 Å². The number of rotatable bonds is 13. The van der Waals surface area contributed by atoms with Crippen LogP contribution in [0.3, 0.4) is 0 Å². The summed E-state index contributed by atoms with van der Waals surface area (Å²) in [7, 11) is 0. The molecule has 0 aromatic carbocycles. The van der Waals surface area contributed by atoms with Crippen LogP contribution in [0.5, 0.6) is 0 Å².